The molecule has 1 aromatic carbocycles. The van der Waals surface area contributed by atoms with E-state index >= 15 is 0 Å². The zero-order valence-electron chi connectivity index (χ0n) is 11.8. The maximum absolute atomic E-state index is 11.9. The number of nitrogens with one attached hydrogen (secondary N) is 4. The Labute approximate surface area is 131 Å². The molecule has 0 aliphatic carbocycles. The molecule has 0 fully saturated rings. The van der Waals surface area contributed by atoms with Gasteiger partial charge >= 0.3 is 6.03 Å². The zero-order chi connectivity index (χ0) is 15.8. The number of rotatable bonds is 5. The van der Waals surface area contributed by atoms with Gasteiger partial charge in [-0.2, -0.15) is 0 Å². The van der Waals surface area contributed by atoms with E-state index in [1.165, 1.54) is 7.05 Å². The van der Waals surface area contributed by atoms with Crippen LogP contribution in [0.5, 0.6) is 0 Å². The smallest absolute Gasteiger partial charge is 0.321 e. The van der Waals surface area contributed by atoms with Gasteiger partial charge in [-0.15, -0.1) is 0 Å². The van der Waals surface area contributed by atoms with Crippen molar-refractivity contribution in [1.29, 1.82) is 0 Å². The summed E-state index contributed by atoms with van der Waals surface area (Å²) in [6.45, 7) is 0.138. The number of benzene rings is 1. The number of anilines is 1. The first kappa shape index (κ1) is 17.1. The van der Waals surface area contributed by atoms with Gasteiger partial charge in [-0.3, -0.25) is 14.9 Å². The lowest BCUT2D eigenvalue weighted by atomic mass is 10.3. The van der Waals surface area contributed by atoms with Crippen LogP contribution < -0.4 is 20.9 Å². The van der Waals surface area contributed by atoms with E-state index in [1.54, 1.807) is 13.1 Å². The van der Waals surface area contributed by atoms with Gasteiger partial charge in [0.05, 0.1) is 12.7 Å². The number of imide groups is 1. The Morgan fingerprint density at radius 1 is 1.14 bits per heavy atom. The van der Waals surface area contributed by atoms with Gasteiger partial charge in [-0.1, -0.05) is 12.1 Å². The Morgan fingerprint density at radius 3 is 2.38 bits per heavy atom. The number of urea groups is 1. The van der Waals surface area contributed by atoms with Crippen molar-refractivity contribution in [2.45, 2.75) is 0 Å². The molecule has 1 rings (SSSR count). The van der Waals surface area contributed by atoms with Crippen LogP contribution in [0.2, 0.25) is 0 Å². The van der Waals surface area contributed by atoms with Crippen LogP contribution in [0.25, 0.3) is 0 Å². The van der Waals surface area contributed by atoms with Gasteiger partial charge < -0.3 is 15.5 Å². The van der Waals surface area contributed by atoms with E-state index in [9.17, 15) is 14.4 Å². The third-order valence-corrected chi connectivity index (χ3v) is 3.24. The number of likely N-dealkylation sites (N-methyl/N-ethyl adjacent to an activating group) is 1. The van der Waals surface area contributed by atoms with Crippen molar-refractivity contribution in [3.8, 4) is 0 Å². The third-order valence-electron chi connectivity index (χ3n) is 2.55. The van der Waals surface area contributed by atoms with Crippen LogP contribution >= 0.6 is 15.9 Å². The molecule has 0 radical (unpaired) electrons. The Kier molecular flexibility index (Phi) is 6.83. The summed E-state index contributed by atoms with van der Waals surface area (Å²) in [7, 11) is 3.12. The summed E-state index contributed by atoms with van der Waals surface area (Å²) in [5, 5.41) is 7.18. The highest BCUT2D eigenvalue weighted by molar-refractivity contribution is 9.10. The van der Waals surface area contributed by atoms with Crippen LogP contribution in [0.1, 0.15) is 0 Å². The average Bonchev–Trinajstić information content (AvgIpc) is 2.40. The number of quaternary nitrogens is 1. The molecule has 114 valence electrons. The summed E-state index contributed by atoms with van der Waals surface area (Å²) in [5.74, 6) is -0.660. The highest BCUT2D eigenvalue weighted by Crippen LogP contribution is 2.20. The van der Waals surface area contributed by atoms with Gasteiger partial charge in [0.1, 0.15) is 0 Å². The topological polar surface area (TPSA) is 91.7 Å². The first-order chi connectivity index (χ1) is 9.92. The van der Waals surface area contributed by atoms with E-state index in [0.29, 0.717) is 10.6 Å². The minimum Gasteiger partial charge on any atom is -0.341 e. The van der Waals surface area contributed by atoms with Gasteiger partial charge in [0.2, 0.25) is 0 Å². The van der Waals surface area contributed by atoms with Crippen molar-refractivity contribution >= 4 is 39.5 Å². The molecule has 0 aliphatic heterocycles. The summed E-state index contributed by atoms with van der Waals surface area (Å²) in [4.78, 5) is 35.0. The fourth-order valence-corrected chi connectivity index (χ4v) is 1.98. The molecular weight excluding hydrogens is 340 g/mol. The van der Waals surface area contributed by atoms with E-state index < -0.39 is 11.9 Å². The molecule has 4 N–H and O–H groups in total. The summed E-state index contributed by atoms with van der Waals surface area (Å²) >= 11 is 3.34. The van der Waals surface area contributed by atoms with E-state index in [1.807, 2.05) is 18.2 Å². The largest absolute Gasteiger partial charge is 0.341 e. The lowest BCUT2D eigenvalue weighted by Crippen LogP contribution is -3.11. The molecule has 7 nitrogen and oxygen atoms in total. The van der Waals surface area contributed by atoms with Crippen LogP contribution in [0.15, 0.2) is 28.7 Å². The highest BCUT2D eigenvalue weighted by Gasteiger charge is 2.16. The second kappa shape index (κ2) is 8.38. The van der Waals surface area contributed by atoms with Gasteiger partial charge in [0.15, 0.2) is 13.1 Å². The van der Waals surface area contributed by atoms with Crippen molar-refractivity contribution in [2.75, 3.05) is 32.5 Å². The summed E-state index contributed by atoms with van der Waals surface area (Å²) in [5.41, 5.74) is 0.671. The normalized spacial score (nSPS) is 11.4. The van der Waals surface area contributed by atoms with Crippen LogP contribution in [-0.2, 0) is 9.59 Å². The second-order valence-corrected chi connectivity index (χ2v) is 5.32. The summed E-state index contributed by atoms with van der Waals surface area (Å²) in [6, 6.07) is 6.69. The molecule has 1 aromatic rings. The number of carbonyl (C=O) groups is 3. The first-order valence-corrected chi connectivity index (χ1v) is 7.09. The van der Waals surface area contributed by atoms with E-state index in [4.69, 9.17) is 0 Å². The van der Waals surface area contributed by atoms with E-state index in [0.717, 1.165) is 4.47 Å². The van der Waals surface area contributed by atoms with Crippen molar-refractivity contribution in [1.82, 2.24) is 10.6 Å². The molecule has 8 heteroatoms. The van der Waals surface area contributed by atoms with E-state index in [2.05, 4.69) is 31.9 Å². The molecule has 0 bridgehead atoms. The quantitative estimate of drug-likeness (QED) is 0.564. The predicted octanol–water partition coefficient (Wildman–Crippen LogP) is -0.642. The number of hydrogen-bond acceptors (Lipinski definition) is 3. The van der Waals surface area contributed by atoms with Crippen LogP contribution in [0.3, 0.4) is 0 Å². The molecule has 0 aliphatic rings. The molecule has 1 unspecified atom stereocenters. The lowest BCUT2D eigenvalue weighted by Gasteiger charge is -2.13. The molecule has 0 heterocycles. The van der Waals surface area contributed by atoms with Crippen molar-refractivity contribution in [2.24, 2.45) is 0 Å². The lowest BCUT2D eigenvalue weighted by molar-refractivity contribution is -0.862. The van der Waals surface area contributed by atoms with E-state index in [-0.39, 0.29) is 19.0 Å². The number of hydrogen-bond donors (Lipinski definition) is 4. The van der Waals surface area contributed by atoms with Crippen LogP contribution in [0.4, 0.5) is 10.5 Å². The Morgan fingerprint density at radius 2 is 1.76 bits per heavy atom. The number of halogens is 1. The Hall–Kier alpha value is -1.93. The molecule has 0 saturated carbocycles. The molecule has 0 aromatic heterocycles. The monoisotopic (exact) mass is 357 g/mol. The maximum Gasteiger partial charge on any atom is 0.321 e. The fourth-order valence-electron chi connectivity index (χ4n) is 1.60. The van der Waals surface area contributed by atoms with Gasteiger partial charge in [-0.05, 0) is 28.1 Å². The van der Waals surface area contributed by atoms with Crippen LogP contribution in [0, 0.1) is 0 Å². The zero-order valence-corrected chi connectivity index (χ0v) is 13.4. The number of para-hydroxylation sites is 1. The average molecular weight is 358 g/mol. The summed E-state index contributed by atoms with van der Waals surface area (Å²) < 4.78 is 0.786. The van der Waals surface area contributed by atoms with Crippen LogP contribution in [-0.4, -0.2) is 45.0 Å². The standard InChI is InChI=1S/C13H17BrN4O3/c1-15-13(21)17-12(20)8-18(2)7-11(19)16-10-6-4-3-5-9(10)14/h3-6H,7-8H2,1-2H3,(H,16,19)(H2,15,17,20,21)/p+1. The molecule has 21 heavy (non-hydrogen) atoms. The van der Waals surface area contributed by atoms with Gasteiger partial charge in [-0.25, -0.2) is 4.79 Å². The molecular formula is C13H18BrN4O3+. The Balaban J connectivity index is 2.42. The number of amides is 4. The minimum atomic E-state index is -0.564. The van der Waals surface area contributed by atoms with Crippen molar-refractivity contribution in [3.05, 3.63) is 28.7 Å². The van der Waals surface area contributed by atoms with Crippen molar-refractivity contribution in [3.63, 3.8) is 0 Å². The molecule has 0 spiro atoms. The maximum atomic E-state index is 11.9. The molecule has 4 amide bonds. The highest BCUT2D eigenvalue weighted by atomic mass is 79.9. The van der Waals surface area contributed by atoms with Crippen molar-refractivity contribution < 1.29 is 19.3 Å². The summed E-state index contributed by atoms with van der Waals surface area (Å²) in [6.07, 6.45) is 0. The van der Waals surface area contributed by atoms with Gasteiger partial charge in [0, 0.05) is 11.5 Å². The molecule has 0 saturated heterocycles. The number of carbonyl (C=O) groups excluding carboxylic acids is 3. The first-order valence-electron chi connectivity index (χ1n) is 6.29. The predicted molar refractivity (Wildman–Crippen MR) is 82.0 cm³/mol. The fraction of sp³-hybridized carbons (Fsp3) is 0.308. The minimum absolute atomic E-state index is 0.0246. The third kappa shape index (κ3) is 6.37. The SMILES string of the molecule is CNC(=O)NC(=O)C[NH+](C)CC(=O)Nc1ccccc1Br. The molecule has 1 atom stereocenters. The second-order valence-electron chi connectivity index (χ2n) is 4.47. The Bertz CT molecular complexity index is 536. The van der Waals surface area contributed by atoms with Gasteiger partial charge in [0.25, 0.3) is 11.8 Å².